The lowest BCUT2D eigenvalue weighted by Gasteiger charge is -2.14. The fraction of sp³-hybridized carbons (Fsp3) is 0.0857. The van der Waals surface area contributed by atoms with Gasteiger partial charge in [-0.3, -0.25) is 14.4 Å². The monoisotopic (exact) mass is 712 g/mol. The molecule has 5 aromatic rings. The van der Waals surface area contributed by atoms with E-state index >= 15 is 0 Å². The molecule has 46 heavy (non-hydrogen) atoms. The fourth-order valence-corrected chi connectivity index (χ4v) is 6.38. The van der Waals surface area contributed by atoms with Gasteiger partial charge in [0.2, 0.25) is 5.91 Å². The van der Waals surface area contributed by atoms with Crippen LogP contribution in [0.1, 0.15) is 22.8 Å². The van der Waals surface area contributed by atoms with Crippen molar-refractivity contribution in [2.45, 2.75) is 17.1 Å². The molecule has 4 aromatic carbocycles. The summed E-state index contributed by atoms with van der Waals surface area (Å²) >= 11 is 6.13. The number of nitrogens with zero attached hydrogens (tertiary/aromatic N) is 1. The van der Waals surface area contributed by atoms with Gasteiger partial charge in [0.1, 0.15) is 11.4 Å². The molecule has 232 valence electrons. The molecule has 3 amide bonds. The Morgan fingerprint density at radius 3 is 2.46 bits per heavy atom. The molecule has 0 saturated heterocycles. The van der Waals surface area contributed by atoms with Gasteiger partial charge in [-0.1, -0.05) is 64.5 Å². The van der Waals surface area contributed by atoms with E-state index in [1.165, 1.54) is 23.1 Å². The first-order chi connectivity index (χ1) is 22.3. The van der Waals surface area contributed by atoms with Gasteiger partial charge in [0.15, 0.2) is 5.13 Å². The Balaban J connectivity index is 1.25. The summed E-state index contributed by atoms with van der Waals surface area (Å²) in [6.45, 7) is 1.80. The van der Waals surface area contributed by atoms with E-state index < -0.39 is 17.1 Å². The van der Waals surface area contributed by atoms with E-state index in [-0.39, 0.29) is 11.6 Å². The molecule has 0 radical (unpaired) electrons. The molecule has 1 unspecified atom stereocenters. The van der Waals surface area contributed by atoms with E-state index in [1.54, 1.807) is 62.6 Å². The zero-order valence-electron chi connectivity index (χ0n) is 24.8. The van der Waals surface area contributed by atoms with Gasteiger partial charge >= 0.3 is 0 Å². The van der Waals surface area contributed by atoms with E-state index in [4.69, 9.17) is 4.74 Å². The number of carbonyl (C=O) groups excluding carboxylic acids is 3. The number of aromatic nitrogens is 1. The Labute approximate surface area is 283 Å². The Hall–Kier alpha value is -4.71. The van der Waals surface area contributed by atoms with Crippen LogP contribution in [0.4, 0.5) is 10.8 Å². The number of hydrogen-bond acceptors (Lipinski definition) is 7. The third-order valence-corrected chi connectivity index (χ3v) is 8.92. The minimum absolute atomic E-state index is 0.0775. The van der Waals surface area contributed by atoms with Crippen LogP contribution < -0.4 is 20.7 Å². The number of methoxy groups -OCH3 is 1. The molecule has 0 spiro atoms. The largest absolute Gasteiger partial charge is 0.496 e. The van der Waals surface area contributed by atoms with Gasteiger partial charge in [-0.05, 0) is 73.2 Å². The molecule has 3 N–H and O–H groups in total. The van der Waals surface area contributed by atoms with Crippen molar-refractivity contribution in [1.82, 2.24) is 10.3 Å². The number of rotatable bonds is 11. The zero-order chi connectivity index (χ0) is 32.5. The quantitative estimate of drug-likeness (QED) is 0.0943. The summed E-state index contributed by atoms with van der Waals surface area (Å²) in [4.78, 5) is 44.8. The number of carbonyl (C=O) groups is 3. The van der Waals surface area contributed by atoms with Gasteiger partial charge in [0, 0.05) is 31.6 Å². The average Bonchev–Trinajstić information content (AvgIpc) is 3.53. The highest BCUT2D eigenvalue weighted by molar-refractivity contribution is 9.10. The van der Waals surface area contributed by atoms with Crippen molar-refractivity contribution in [1.29, 1.82) is 0 Å². The number of amides is 3. The van der Waals surface area contributed by atoms with Crippen molar-refractivity contribution in [3.8, 4) is 17.0 Å². The van der Waals surface area contributed by atoms with Crippen LogP contribution in [0.25, 0.3) is 17.3 Å². The maximum atomic E-state index is 13.5. The second-order valence-corrected chi connectivity index (χ2v) is 13.1. The van der Waals surface area contributed by atoms with E-state index in [0.717, 1.165) is 26.2 Å². The van der Waals surface area contributed by atoms with Crippen LogP contribution >= 0.6 is 39.0 Å². The van der Waals surface area contributed by atoms with Crippen molar-refractivity contribution in [2.24, 2.45) is 0 Å². The first-order valence-corrected chi connectivity index (χ1v) is 16.7. The van der Waals surface area contributed by atoms with E-state index in [9.17, 15) is 14.4 Å². The fourth-order valence-electron chi connectivity index (χ4n) is 4.33. The van der Waals surface area contributed by atoms with Gasteiger partial charge in [-0.2, -0.15) is 0 Å². The van der Waals surface area contributed by atoms with Crippen molar-refractivity contribution in [3.05, 3.63) is 130 Å². The summed E-state index contributed by atoms with van der Waals surface area (Å²) in [5.41, 5.74) is 3.31. The highest BCUT2D eigenvalue weighted by Crippen LogP contribution is 2.33. The van der Waals surface area contributed by atoms with Crippen LogP contribution in [0.3, 0.4) is 0 Å². The Morgan fingerprint density at radius 2 is 1.67 bits per heavy atom. The zero-order valence-corrected chi connectivity index (χ0v) is 28.0. The Kier molecular flexibility index (Phi) is 11.0. The predicted molar refractivity (Wildman–Crippen MR) is 189 cm³/mol. The third-order valence-electron chi connectivity index (χ3n) is 6.58. The Bertz CT molecular complexity index is 1890. The Morgan fingerprint density at radius 1 is 0.913 bits per heavy atom. The number of thioether (sulfide) groups is 1. The molecule has 0 saturated carbocycles. The molecule has 0 fully saturated rings. The van der Waals surface area contributed by atoms with Crippen LogP contribution in [0.15, 0.2) is 124 Å². The molecular weight excluding hydrogens is 684 g/mol. The van der Waals surface area contributed by atoms with Crippen molar-refractivity contribution in [3.63, 3.8) is 0 Å². The summed E-state index contributed by atoms with van der Waals surface area (Å²) in [7, 11) is 1.61. The molecule has 0 aliphatic carbocycles. The lowest BCUT2D eigenvalue weighted by molar-refractivity contribution is -0.115. The molecule has 0 aliphatic heterocycles. The smallest absolute Gasteiger partial charge is 0.272 e. The van der Waals surface area contributed by atoms with Crippen molar-refractivity contribution in [2.75, 3.05) is 17.7 Å². The predicted octanol–water partition coefficient (Wildman–Crippen LogP) is 8.11. The number of thiazole rings is 1. The standard InChI is InChI=1S/C35H29BrN4O4S2/c1-22(32(41)40-35-39-30(21-45-35)28-16-6-7-17-31(28)44-2)46-27-15-9-14-26(20-27)37-34(43)29(19-23-10-8-13-25(36)18-23)38-33(42)24-11-4-3-5-12-24/h3-22H,1-2H3,(H,37,43)(H,38,42)(H,39,40,41)/b29-19+. The minimum atomic E-state index is -0.494. The third kappa shape index (κ3) is 8.72. The molecule has 5 rings (SSSR count). The molecular formula is C35H29BrN4O4S2. The molecule has 0 aliphatic rings. The number of para-hydroxylation sites is 1. The van der Waals surface area contributed by atoms with Crippen LogP contribution in [0, 0.1) is 0 Å². The second kappa shape index (κ2) is 15.5. The minimum Gasteiger partial charge on any atom is -0.496 e. The summed E-state index contributed by atoms with van der Waals surface area (Å²) < 4.78 is 6.27. The van der Waals surface area contributed by atoms with Crippen molar-refractivity contribution >= 4 is 73.6 Å². The maximum absolute atomic E-state index is 13.5. The lowest BCUT2D eigenvalue weighted by Crippen LogP contribution is -2.30. The molecule has 11 heteroatoms. The summed E-state index contributed by atoms with van der Waals surface area (Å²) in [5.74, 6) is -0.401. The van der Waals surface area contributed by atoms with Gasteiger partial charge in [-0.15, -0.1) is 23.1 Å². The summed E-state index contributed by atoms with van der Waals surface area (Å²) in [6, 6.07) is 30.8. The van der Waals surface area contributed by atoms with Gasteiger partial charge in [0.05, 0.1) is 18.1 Å². The van der Waals surface area contributed by atoms with Gasteiger partial charge in [0.25, 0.3) is 11.8 Å². The first kappa shape index (κ1) is 32.7. The van der Waals surface area contributed by atoms with Crippen LogP contribution in [0.5, 0.6) is 5.75 Å². The highest BCUT2D eigenvalue weighted by atomic mass is 79.9. The molecule has 8 nitrogen and oxygen atoms in total. The number of anilines is 2. The van der Waals surface area contributed by atoms with E-state index in [0.29, 0.717) is 22.1 Å². The topological polar surface area (TPSA) is 109 Å². The number of nitrogens with one attached hydrogen (secondary N) is 3. The number of hydrogen-bond donors (Lipinski definition) is 3. The SMILES string of the molecule is COc1ccccc1-c1csc(NC(=O)C(C)Sc2cccc(NC(=O)/C(=C\c3cccc(Br)c3)NC(=O)c3ccccc3)c2)n1. The van der Waals surface area contributed by atoms with Crippen LogP contribution in [0.2, 0.25) is 0 Å². The second-order valence-electron chi connectivity index (χ2n) is 9.90. The van der Waals surface area contributed by atoms with E-state index in [2.05, 4.69) is 36.9 Å². The van der Waals surface area contributed by atoms with Crippen LogP contribution in [-0.4, -0.2) is 35.1 Å². The molecule has 1 heterocycles. The van der Waals surface area contributed by atoms with Gasteiger partial charge < -0.3 is 20.7 Å². The summed E-state index contributed by atoms with van der Waals surface area (Å²) in [6.07, 6.45) is 1.61. The lowest BCUT2D eigenvalue weighted by atomic mass is 10.1. The highest BCUT2D eigenvalue weighted by Gasteiger charge is 2.19. The van der Waals surface area contributed by atoms with E-state index in [1.807, 2.05) is 66.0 Å². The number of benzene rings is 4. The molecule has 0 bridgehead atoms. The van der Waals surface area contributed by atoms with Crippen LogP contribution in [-0.2, 0) is 9.59 Å². The summed E-state index contributed by atoms with van der Waals surface area (Å²) in [5, 5.41) is 10.4. The van der Waals surface area contributed by atoms with Crippen molar-refractivity contribution < 1.29 is 19.1 Å². The molecule has 1 aromatic heterocycles. The first-order valence-electron chi connectivity index (χ1n) is 14.1. The average molecular weight is 714 g/mol. The van der Waals surface area contributed by atoms with Gasteiger partial charge in [-0.25, -0.2) is 4.98 Å². The molecule has 1 atom stereocenters. The number of ether oxygens (including phenoxy) is 1. The number of halogens is 1. The maximum Gasteiger partial charge on any atom is 0.272 e. The normalized spacial score (nSPS) is 11.8.